The van der Waals surface area contributed by atoms with Crippen molar-refractivity contribution in [2.24, 2.45) is 0 Å². The van der Waals surface area contributed by atoms with Crippen LogP contribution in [0, 0.1) is 0 Å². The maximum Gasteiger partial charge on any atom is 0.217 e. The van der Waals surface area contributed by atoms with Crippen LogP contribution < -0.4 is 10.1 Å². The van der Waals surface area contributed by atoms with Gasteiger partial charge in [0.15, 0.2) is 0 Å². The van der Waals surface area contributed by atoms with Gasteiger partial charge in [0, 0.05) is 24.8 Å². The van der Waals surface area contributed by atoms with Crippen LogP contribution in [-0.4, -0.2) is 43.6 Å². The number of pyridine rings is 1. The quantitative estimate of drug-likeness (QED) is 0.619. The van der Waals surface area contributed by atoms with Gasteiger partial charge in [-0.25, -0.2) is 4.98 Å². The zero-order valence-electron chi connectivity index (χ0n) is 9.48. The van der Waals surface area contributed by atoms with Crippen molar-refractivity contribution in [3.63, 3.8) is 0 Å². The van der Waals surface area contributed by atoms with Crippen LogP contribution in [0.25, 0.3) is 0 Å². The number of nitrogens with zero attached hydrogens (tertiary/aromatic N) is 1. The van der Waals surface area contributed by atoms with Crippen LogP contribution in [0.15, 0.2) is 18.3 Å². The molecule has 0 saturated heterocycles. The molecule has 0 atom stereocenters. The summed E-state index contributed by atoms with van der Waals surface area (Å²) in [5.41, 5.74) is 1.02. The van der Waals surface area contributed by atoms with E-state index in [9.17, 15) is 0 Å². The van der Waals surface area contributed by atoms with Gasteiger partial charge in [-0.2, -0.15) is 0 Å². The van der Waals surface area contributed by atoms with Crippen LogP contribution >= 0.6 is 0 Å². The SMILES string of the molecule is COc1ncccc1CNCCOCCO. The lowest BCUT2D eigenvalue weighted by atomic mass is 10.2. The van der Waals surface area contributed by atoms with Gasteiger partial charge in [-0.3, -0.25) is 0 Å². The minimum Gasteiger partial charge on any atom is -0.481 e. The van der Waals surface area contributed by atoms with Crippen molar-refractivity contribution in [2.45, 2.75) is 6.54 Å². The molecule has 0 saturated carbocycles. The summed E-state index contributed by atoms with van der Waals surface area (Å²) in [5.74, 6) is 0.645. The Morgan fingerprint density at radius 3 is 3.06 bits per heavy atom. The number of rotatable bonds is 8. The van der Waals surface area contributed by atoms with Crippen LogP contribution in [-0.2, 0) is 11.3 Å². The van der Waals surface area contributed by atoms with E-state index in [-0.39, 0.29) is 6.61 Å². The third kappa shape index (κ3) is 4.57. The third-order valence-electron chi connectivity index (χ3n) is 2.02. The van der Waals surface area contributed by atoms with Crippen LogP contribution in [0.5, 0.6) is 5.88 Å². The lowest BCUT2D eigenvalue weighted by molar-refractivity contribution is 0.0937. The topological polar surface area (TPSA) is 63.6 Å². The van der Waals surface area contributed by atoms with Crippen LogP contribution in [0.4, 0.5) is 0 Å². The Morgan fingerprint density at radius 2 is 2.31 bits per heavy atom. The number of aliphatic hydroxyl groups excluding tert-OH is 1. The molecule has 0 aliphatic carbocycles. The number of hydrogen-bond acceptors (Lipinski definition) is 5. The first kappa shape index (κ1) is 12.9. The summed E-state index contributed by atoms with van der Waals surface area (Å²) < 4.78 is 10.2. The molecule has 1 heterocycles. The largest absolute Gasteiger partial charge is 0.481 e. The molecule has 0 aromatic carbocycles. The van der Waals surface area contributed by atoms with E-state index in [1.807, 2.05) is 12.1 Å². The highest BCUT2D eigenvalue weighted by atomic mass is 16.5. The molecule has 0 spiro atoms. The second-order valence-electron chi connectivity index (χ2n) is 3.18. The van der Waals surface area contributed by atoms with Crippen molar-refractivity contribution in [1.29, 1.82) is 0 Å². The summed E-state index contributed by atoms with van der Waals surface area (Å²) in [6, 6.07) is 3.84. The number of methoxy groups -OCH3 is 1. The minimum absolute atomic E-state index is 0.0659. The van der Waals surface area contributed by atoms with E-state index < -0.39 is 0 Å². The highest BCUT2D eigenvalue weighted by Crippen LogP contribution is 2.12. The fraction of sp³-hybridized carbons (Fsp3) is 0.545. The van der Waals surface area contributed by atoms with Crippen LogP contribution in [0.1, 0.15) is 5.56 Å². The smallest absolute Gasteiger partial charge is 0.217 e. The van der Waals surface area contributed by atoms with E-state index >= 15 is 0 Å². The van der Waals surface area contributed by atoms with Crippen molar-refractivity contribution in [2.75, 3.05) is 33.5 Å². The van der Waals surface area contributed by atoms with Gasteiger partial charge < -0.3 is 19.9 Å². The van der Waals surface area contributed by atoms with Crippen molar-refractivity contribution in [3.05, 3.63) is 23.9 Å². The number of ether oxygens (including phenoxy) is 2. The summed E-state index contributed by atoms with van der Waals surface area (Å²) in [5, 5.41) is 11.7. The molecule has 5 nitrogen and oxygen atoms in total. The van der Waals surface area contributed by atoms with Crippen molar-refractivity contribution in [3.8, 4) is 5.88 Å². The lowest BCUT2D eigenvalue weighted by Crippen LogP contribution is -2.20. The van der Waals surface area contributed by atoms with E-state index in [4.69, 9.17) is 14.6 Å². The molecule has 2 N–H and O–H groups in total. The molecule has 1 aromatic heterocycles. The Morgan fingerprint density at radius 1 is 1.44 bits per heavy atom. The fourth-order valence-corrected chi connectivity index (χ4v) is 1.28. The number of aliphatic hydroxyl groups is 1. The van der Waals surface area contributed by atoms with E-state index in [1.165, 1.54) is 0 Å². The van der Waals surface area contributed by atoms with Gasteiger partial charge in [-0.15, -0.1) is 0 Å². The average molecular weight is 226 g/mol. The van der Waals surface area contributed by atoms with Crippen LogP contribution in [0.2, 0.25) is 0 Å². The highest BCUT2D eigenvalue weighted by Gasteiger charge is 2.01. The van der Waals surface area contributed by atoms with Gasteiger partial charge >= 0.3 is 0 Å². The van der Waals surface area contributed by atoms with E-state index in [0.717, 1.165) is 12.1 Å². The number of hydrogen-bond donors (Lipinski definition) is 2. The third-order valence-corrected chi connectivity index (χ3v) is 2.02. The first-order chi connectivity index (χ1) is 7.88. The predicted octanol–water partition coefficient (Wildman–Crippen LogP) is 0.189. The summed E-state index contributed by atoms with van der Waals surface area (Å²) in [6.45, 7) is 2.47. The molecule has 0 aliphatic heterocycles. The first-order valence-electron chi connectivity index (χ1n) is 5.25. The fourth-order valence-electron chi connectivity index (χ4n) is 1.28. The maximum absolute atomic E-state index is 8.50. The van der Waals surface area contributed by atoms with Gasteiger partial charge in [0.2, 0.25) is 5.88 Å². The zero-order valence-corrected chi connectivity index (χ0v) is 9.48. The standard InChI is InChI=1S/C11H18N2O3/c1-15-11-10(3-2-4-13-11)9-12-5-7-16-8-6-14/h2-4,12,14H,5-9H2,1H3. The minimum atomic E-state index is 0.0659. The van der Waals surface area contributed by atoms with Gasteiger partial charge in [0.05, 0.1) is 26.9 Å². The summed E-state index contributed by atoms with van der Waals surface area (Å²) in [4.78, 5) is 4.10. The Labute approximate surface area is 95.4 Å². The zero-order chi connectivity index (χ0) is 11.6. The molecule has 1 aromatic rings. The van der Waals surface area contributed by atoms with Gasteiger partial charge in [-0.1, -0.05) is 6.07 Å². The Kier molecular flexibility index (Phi) is 6.48. The Bertz CT molecular complexity index is 294. The molecule has 16 heavy (non-hydrogen) atoms. The predicted molar refractivity (Wildman–Crippen MR) is 60.4 cm³/mol. The Hall–Kier alpha value is -1.17. The summed E-state index contributed by atoms with van der Waals surface area (Å²) >= 11 is 0. The monoisotopic (exact) mass is 226 g/mol. The molecule has 5 heteroatoms. The Balaban J connectivity index is 2.21. The molecule has 0 amide bonds. The maximum atomic E-state index is 8.50. The van der Waals surface area contributed by atoms with E-state index in [0.29, 0.717) is 25.6 Å². The van der Waals surface area contributed by atoms with Crippen molar-refractivity contribution < 1.29 is 14.6 Å². The second-order valence-corrected chi connectivity index (χ2v) is 3.18. The normalized spacial score (nSPS) is 10.4. The molecule has 0 aliphatic rings. The molecule has 0 fully saturated rings. The molecule has 90 valence electrons. The second kappa shape index (κ2) is 8.04. The van der Waals surface area contributed by atoms with Gasteiger partial charge in [-0.05, 0) is 6.07 Å². The highest BCUT2D eigenvalue weighted by molar-refractivity contribution is 5.24. The molecule has 0 unspecified atom stereocenters. The number of nitrogens with one attached hydrogen (secondary N) is 1. The van der Waals surface area contributed by atoms with Crippen LogP contribution in [0.3, 0.4) is 0 Å². The van der Waals surface area contributed by atoms with Crippen molar-refractivity contribution >= 4 is 0 Å². The van der Waals surface area contributed by atoms with Gasteiger partial charge in [0.1, 0.15) is 0 Å². The molecule has 0 radical (unpaired) electrons. The van der Waals surface area contributed by atoms with E-state index in [2.05, 4.69) is 10.3 Å². The summed E-state index contributed by atoms with van der Waals surface area (Å²) in [6.07, 6.45) is 1.70. The molecular weight excluding hydrogens is 208 g/mol. The molecule has 1 rings (SSSR count). The van der Waals surface area contributed by atoms with E-state index in [1.54, 1.807) is 13.3 Å². The molecule has 0 bridgehead atoms. The first-order valence-corrected chi connectivity index (χ1v) is 5.25. The summed E-state index contributed by atoms with van der Waals surface area (Å²) in [7, 11) is 1.61. The van der Waals surface area contributed by atoms with Gasteiger partial charge in [0.25, 0.3) is 0 Å². The molecular formula is C11H18N2O3. The number of aromatic nitrogens is 1. The van der Waals surface area contributed by atoms with Crippen molar-refractivity contribution in [1.82, 2.24) is 10.3 Å². The average Bonchev–Trinajstić information content (AvgIpc) is 2.34. The lowest BCUT2D eigenvalue weighted by Gasteiger charge is -2.08.